The molecule has 3 nitrogen and oxygen atoms in total. The van der Waals surface area contributed by atoms with Gasteiger partial charge in [-0.2, -0.15) is 5.26 Å². The highest BCUT2D eigenvalue weighted by atomic mass is 35.5. The van der Waals surface area contributed by atoms with Crippen molar-refractivity contribution in [2.75, 3.05) is 0 Å². The molecule has 2 aromatic heterocycles. The quantitative estimate of drug-likeness (QED) is 0.411. The predicted octanol–water partition coefficient (Wildman–Crippen LogP) is 6.02. The minimum Gasteiger partial charge on any atom is -0.350 e. The van der Waals surface area contributed by atoms with Gasteiger partial charge in [0.05, 0.1) is 11.3 Å². The van der Waals surface area contributed by atoms with Crippen molar-refractivity contribution in [3.8, 4) is 17.3 Å². The molecule has 0 radical (unpaired) electrons. The summed E-state index contributed by atoms with van der Waals surface area (Å²) in [5, 5.41) is 14.2. The fraction of sp³-hybridized carbons (Fsp3) is 0.0476. The summed E-state index contributed by atoms with van der Waals surface area (Å²) < 4.78 is 2.07. The number of fused-ring (bicyclic) bond motifs is 1. The molecule has 126 valence electrons. The molecular weight excluding hydrogens is 362 g/mol. The molecule has 0 aliphatic carbocycles. The van der Waals surface area contributed by atoms with E-state index in [1.165, 1.54) is 11.3 Å². The number of benzene rings is 2. The Morgan fingerprint density at radius 2 is 1.96 bits per heavy atom. The third-order valence-corrected chi connectivity index (χ3v) is 5.35. The number of allylic oxidation sites excluding steroid dienone is 1. The van der Waals surface area contributed by atoms with Crippen molar-refractivity contribution in [1.82, 2.24) is 9.55 Å². The molecule has 5 heteroatoms. The number of halogens is 1. The van der Waals surface area contributed by atoms with Crippen molar-refractivity contribution in [2.45, 2.75) is 0 Å². The predicted molar refractivity (Wildman–Crippen MR) is 109 cm³/mol. The van der Waals surface area contributed by atoms with E-state index in [-0.39, 0.29) is 0 Å². The fourth-order valence-electron chi connectivity index (χ4n) is 2.94. The number of nitriles is 1. The third-order valence-electron chi connectivity index (χ3n) is 4.22. The molecule has 0 aliphatic rings. The molecule has 0 bridgehead atoms. The zero-order chi connectivity index (χ0) is 18.1. The van der Waals surface area contributed by atoms with Crippen molar-refractivity contribution in [3.63, 3.8) is 0 Å². The van der Waals surface area contributed by atoms with Crippen molar-refractivity contribution in [3.05, 3.63) is 75.7 Å². The largest absolute Gasteiger partial charge is 0.350 e. The summed E-state index contributed by atoms with van der Waals surface area (Å²) in [5.74, 6) is 0. The monoisotopic (exact) mass is 375 g/mol. The Kier molecular flexibility index (Phi) is 4.34. The topological polar surface area (TPSA) is 41.6 Å². The van der Waals surface area contributed by atoms with Gasteiger partial charge in [0.1, 0.15) is 11.1 Å². The Balaban J connectivity index is 1.75. The Hall–Kier alpha value is -2.87. The molecule has 2 aromatic carbocycles. The van der Waals surface area contributed by atoms with E-state index in [9.17, 15) is 5.26 Å². The minimum atomic E-state index is 0.562. The van der Waals surface area contributed by atoms with E-state index in [0.717, 1.165) is 27.7 Å². The first kappa shape index (κ1) is 16.6. The molecular formula is C21H14ClN3S. The zero-order valence-corrected chi connectivity index (χ0v) is 15.6. The van der Waals surface area contributed by atoms with Crippen LogP contribution in [0.15, 0.2) is 60.1 Å². The maximum Gasteiger partial charge on any atom is 0.134 e. The number of para-hydroxylation sites is 1. The standard InChI is InChI=1S/C21H14ClN3S/c1-25-12-16(18-4-2-3-5-20(18)25)10-15(11-23)21-24-19(13-26-21)14-6-8-17(22)9-7-14/h2-10,12-13H,1H3/b15-10-. The van der Waals surface area contributed by atoms with Gasteiger partial charge in [-0.15, -0.1) is 11.3 Å². The summed E-state index contributed by atoms with van der Waals surface area (Å²) >= 11 is 7.42. The lowest BCUT2D eigenvalue weighted by Gasteiger charge is -1.97. The van der Waals surface area contributed by atoms with Gasteiger partial charge in [0.15, 0.2) is 0 Å². The molecule has 0 spiro atoms. The summed E-state index contributed by atoms with van der Waals surface area (Å²) in [6, 6.07) is 18.0. The smallest absolute Gasteiger partial charge is 0.134 e. The van der Waals surface area contributed by atoms with Crippen LogP contribution < -0.4 is 0 Å². The molecule has 0 saturated heterocycles. The average Bonchev–Trinajstić information content (AvgIpc) is 3.26. The van der Waals surface area contributed by atoms with E-state index < -0.39 is 0 Å². The number of aryl methyl sites for hydroxylation is 1. The Morgan fingerprint density at radius 3 is 2.73 bits per heavy atom. The maximum absolute atomic E-state index is 9.66. The second-order valence-electron chi connectivity index (χ2n) is 5.93. The van der Waals surface area contributed by atoms with Gasteiger partial charge in [-0.05, 0) is 24.3 Å². The van der Waals surface area contributed by atoms with E-state index in [4.69, 9.17) is 11.6 Å². The minimum absolute atomic E-state index is 0.562. The van der Waals surface area contributed by atoms with Crippen LogP contribution >= 0.6 is 22.9 Å². The van der Waals surface area contributed by atoms with Crippen LogP contribution in [0.1, 0.15) is 10.6 Å². The third kappa shape index (κ3) is 3.03. The van der Waals surface area contributed by atoms with E-state index in [1.54, 1.807) is 0 Å². The average molecular weight is 376 g/mol. The molecule has 4 rings (SSSR count). The van der Waals surface area contributed by atoms with Crippen LogP contribution in [0.25, 0.3) is 33.8 Å². The molecule has 0 amide bonds. The second-order valence-corrected chi connectivity index (χ2v) is 7.22. The first-order valence-corrected chi connectivity index (χ1v) is 9.29. The summed E-state index contributed by atoms with van der Waals surface area (Å²) in [7, 11) is 2.01. The molecule has 0 aliphatic heterocycles. The lowest BCUT2D eigenvalue weighted by atomic mass is 10.1. The molecule has 0 saturated carbocycles. The van der Waals surface area contributed by atoms with Gasteiger partial charge in [-0.3, -0.25) is 0 Å². The molecule has 0 atom stereocenters. The van der Waals surface area contributed by atoms with Crippen LogP contribution in [0.3, 0.4) is 0 Å². The van der Waals surface area contributed by atoms with Crippen molar-refractivity contribution >= 4 is 45.5 Å². The highest BCUT2D eigenvalue weighted by Crippen LogP contribution is 2.30. The van der Waals surface area contributed by atoms with Gasteiger partial charge in [0, 0.05) is 45.7 Å². The van der Waals surface area contributed by atoms with Crippen molar-refractivity contribution < 1.29 is 0 Å². The fourth-order valence-corrected chi connectivity index (χ4v) is 3.86. The van der Waals surface area contributed by atoms with Gasteiger partial charge < -0.3 is 4.57 Å². The zero-order valence-electron chi connectivity index (χ0n) is 14.0. The normalized spacial score (nSPS) is 11.7. The Bertz CT molecular complexity index is 1160. The highest BCUT2D eigenvalue weighted by molar-refractivity contribution is 7.11. The van der Waals surface area contributed by atoms with Gasteiger partial charge in [0.2, 0.25) is 0 Å². The molecule has 0 fully saturated rings. The molecule has 2 heterocycles. The molecule has 26 heavy (non-hydrogen) atoms. The van der Waals surface area contributed by atoms with E-state index >= 15 is 0 Å². The number of rotatable bonds is 3. The number of hydrogen-bond donors (Lipinski definition) is 0. The summed E-state index contributed by atoms with van der Waals surface area (Å²) in [6.07, 6.45) is 3.95. The van der Waals surface area contributed by atoms with Gasteiger partial charge in [-0.25, -0.2) is 4.98 Å². The first-order chi connectivity index (χ1) is 12.7. The number of thiazole rings is 1. The van der Waals surface area contributed by atoms with Crippen LogP contribution in [0.5, 0.6) is 0 Å². The highest BCUT2D eigenvalue weighted by Gasteiger charge is 2.11. The molecule has 4 aromatic rings. The van der Waals surface area contributed by atoms with E-state index in [2.05, 4.69) is 27.8 Å². The van der Waals surface area contributed by atoms with Crippen LogP contribution in [0, 0.1) is 11.3 Å². The lowest BCUT2D eigenvalue weighted by Crippen LogP contribution is -1.83. The summed E-state index contributed by atoms with van der Waals surface area (Å²) in [6.45, 7) is 0. The maximum atomic E-state index is 9.66. The second kappa shape index (κ2) is 6.80. The molecule has 0 N–H and O–H groups in total. The number of hydrogen-bond acceptors (Lipinski definition) is 3. The Morgan fingerprint density at radius 1 is 1.19 bits per heavy atom. The summed E-state index contributed by atoms with van der Waals surface area (Å²) in [5.41, 5.74) is 4.55. The molecule has 0 unspecified atom stereocenters. The number of aromatic nitrogens is 2. The van der Waals surface area contributed by atoms with Gasteiger partial charge in [-0.1, -0.05) is 41.9 Å². The van der Waals surface area contributed by atoms with E-state index in [0.29, 0.717) is 15.6 Å². The van der Waals surface area contributed by atoms with Crippen molar-refractivity contribution in [2.24, 2.45) is 7.05 Å². The van der Waals surface area contributed by atoms with Crippen LogP contribution in [0.4, 0.5) is 0 Å². The van der Waals surface area contributed by atoms with Gasteiger partial charge in [0.25, 0.3) is 0 Å². The van der Waals surface area contributed by atoms with Crippen LogP contribution in [-0.4, -0.2) is 9.55 Å². The van der Waals surface area contributed by atoms with Crippen LogP contribution in [-0.2, 0) is 7.05 Å². The van der Waals surface area contributed by atoms with Crippen LogP contribution in [0.2, 0.25) is 5.02 Å². The summed E-state index contributed by atoms with van der Waals surface area (Å²) in [4.78, 5) is 4.64. The van der Waals surface area contributed by atoms with Gasteiger partial charge >= 0.3 is 0 Å². The lowest BCUT2D eigenvalue weighted by molar-refractivity contribution is 0.968. The van der Waals surface area contributed by atoms with Crippen molar-refractivity contribution in [1.29, 1.82) is 5.26 Å². The Labute approximate surface area is 160 Å². The first-order valence-electron chi connectivity index (χ1n) is 8.03. The number of nitrogens with zero attached hydrogens (tertiary/aromatic N) is 3. The SMILES string of the molecule is Cn1cc(/C=C(/C#N)c2nc(-c3ccc(Cl)cc3)cs2)c2ccccc21. The van der Waals surface area contributed by atoms with E-state index in [1.807, 2.05) is 61.1 Å².